The van der Waals surface area contributed by atoms with Crippen molar-refractivity contribution in [3.05, 3.63) is 35.4 Å². The molecule has 0 bridgehead atoms. The fraction of sp³-hybridized carbons (Fsp3) is 0.562. The number of carbonyl (C=O) groups is 1. The Bertz CT molecular complexity index is 477. The van der Waals surface area contributed by atoms with Crippen molar-refractivity contribution in [3.8, 4) is 0 Å². The van der Waals surface area contributed by atoms with Gasteiger partial charge in [-0.3, -0.25) is 4.79 Å². The first kappa shape index (κ1) is 12.7. The first-order valence-corrected chi connectivity index (χ1v) is 7.16. The van der Waals surface area contributed by atoms with Gasteiger partial charge in [0.15, 0.2) is 0 Å². The van der Waals surface area contributed by atoms with E-state index >= 15 is 0 Å². The number of benzene rings is 1. The van der Waals surface area contributed by atoms with E-state index in [9.17, 15) is 4.79 Å². The molecule has 1 heterocycles. The number of aryl methyl sites for hydroxylation is 1. The molecule has 1 atom stereocenters. The van der Waals surface area contributed by atoms with Gasteiger partial charge in [0.05, 0.1) is 0 Å². The highest BCUT2D eigenvalue weighted by Crippen LogP contribution is 2.48. The van der Waals surface area contributed by atoms with E-state index in [1.54, 1.807) is 0 Å². The van der Waals surface area contributed by atoms with Gasteiger partial charge in [-0.1, -0.05) is 18.2 Å². The monoisotopic (exact) mass is 259 g/mol. The molecule has 1 aliphatic heterocycles. The highest BCUT2D eigenvalue weighted by Gasteiger charge is 2.47. The van der Waals surface area contributed by atoms with Crippen LogP contribution in [0.3, 0.4) is 0 Å². The van der Waals surface area contributed by atoms with Gasteiger partial charge >= 0.3 is 0 Å². The SMILES string of the molecule is Cc1ccccc1C(=O)NC1CCC12CCOCC2. The van der Waals surface area contributed by atoms with Crippen molar-refractivity contribution in [3.63, 3.8) is 0 Å². The number of hydrogen-bond acceptors (Lipinski definition) is 2. The van der Waals surface area contributed by atoms with Gasteiger partial charge in [-0.25, -0.2) is 0 Å². The van der Waals surface area contributed by atoms with Gasteiger partial charge in [-0.05, 0) is 49.7 Å². The van der Waals surface area contributed by atoms with Crippen molar-refractivity contribution in [2.45, 2.75) is 38.6 Å². The van der Waals surface area contributed by atoms with Crippen LogP contribution in [-0.4, -0.2) is 25.2 Å². The van der Waals surface area contributed by atoms with Crippen molar-refractivity contribution in [1.82, 2.24) is 5.32 Å². The lowest BCUT2D eigenvalue weighted by Gasteiger charge is -2.52. The third kappa shape index (κ3) is 2.27. The Balaban J connectivity index is 1.69. The molecule has 2 fully saturated rings. The molecule has 19 heavy (non-hydrogen) atoms. The minimum Gasteiger partial charge on any atom is -0.381 e. The van der Waals surface area contributed by atoms with E-state index in [2.05, 4.69) is 5.32 Å². The molecule has 0 radical (unpaired) electrons. The van der Waals surface area contributed by atoms with E-state index in [0.717, 1.165) is 43.6 Å². The second-order valence-electron chi connectivity index (χ2n) is 5.85. The first-order chi connectivity index (χ1) is 9.21. The highest BCUT2D eigenvalue weighted by atomic mass is 16.5. The molecule has 1 aromatic rings. The third-order valence-electron chi connectivity index (χ3n) is 4.85. The molecule has 1 spiro atoms. The molecule has 3 rings (SSSR count). The second kappa shape index (κ2) is 4.97. The summed E-state index contributed by atoms with van der Waals surface area (Å²) in [5.74, 6) is 0.0775. The Morgan fingerprint density at radius 2 is 2.00 bits per heavy atom. The third-order valence-corrected chi connectivity index (χ3v) is 4.85. The van der Waals surface area contributed by atoms with Crippen molar-refractivity contribution in [2.75, 3.05) is 13.2 Å². The summed E-state index contributed by atoms with van der Waals surface area (Å²) in [5, 5.41) is 3.24. The summed E-state index contributed by atoms with van der Waals surface area (Å²) < 4.78 is 5.44. The Morgan fingerprint density at radius 3 is 2.63 bits per heavy atom. The summed E-state index contributed by atoms with van der Waals surface area (Å²) >= 11 is 0. The van der Waals surface area contributed by atoms with E-state index in [1.165, 1.54) is 6.42 Å². The minimum atomic E-state index is 0.0775. The van der Waals surface area contributed by atoms with Crippen molar-refractivity contribution < 1.29 is 9.53 Å². The summed E-state index contributed by atoms with van der Waals surface area (Å²) in [5.41, 5.74) is 2.16. The molecule has 1 saturated carbocycles. The van der Waals surface area contributed by atoms with E-state index < -0.39 is 0 Å². The standard InChI is InChI=1S/C16H21NO2/c1-12-4-2-3-5-13(12)15(18)17-14-6-7-16(14)8-10-19-11-9-16/h2-5,14H,6-11H2,1H3,(H,17,18). The van der Waals surface area contributed by atoms with Gasteiger partial charge in [0.25, 0.3) is 5.91 Å². The van der Waals surface area contributed by atoms with Gasteiger partial charge in [0.2, 0.25) is 0 Å². The molecule has 1 N–H and O–H groups in total. The predicted octanol–water partition coefficient (Wildman–Crippen LogP) is 2.68. The summed E-state index contributed by atoms with van der Waals surface area (Å²) in [7, 11) is 0. The van der Waals surface area contributed by atoms with E-state index in [0.29, 0.717) is 11.5 Å². The van der Waals surface area contributed by atoms with Gasteiger partial charge in [-0.15, -0.1) is 0 Å². The van der Waals surface area contributed by atoms with E-state index in [4.69, 9.17) is 4.74 Å². The van der Waals surface area contributed by atoms with Crippen LogP contribution in [0.1, 0.15) is 41.6 Å². The Kier molecular flexibility index (Phi) is 3.31. The predicted molar refractivity (Wildman–Crippen MR) is 74.2 cm³/mol. The maximum atomic E-state index is 12.4. The lowest BCUT2D eigenvalue weighted by molar-refractivity contribution is -0.0523. The molecule has 1 saturated heterocycles. The highest BCUT2D eigenvalue weighted by molar-refractivity contribution is 5.95. The molecule has 1 aromatic carbocycles. The first-order valence-electron chi connectivity index (χ1n) is 7.16. The summed E-state index contributed by atoms with van der Waals surface area (Å²) in [6.07, 6.45) is 4.52. The van der Waals surface area contributed by atoms with Crippen LogP contribution >= 0.6 is 0 Å². The normalized spacial score (nSPS) is 24.8. The van der Waals surface area contributed by atoms with Gasteiger partial charge in [0, 0.05) is 24.8 Å². The van der Waals surface area contributed by atoms with Crippen LogP contribution in [-0.2, 0) is 4.74 Å². The Hall–Kier alpha value is -1.35. The average Bonchev–Trinajstić information content (AvgIpc) is 2.45. The number of carbonyl (C=O) groups excluding carboxylic acids is 1. The molecule has 3 heteroatoms. The number of amides is 1. The number of hydrogen-bond donors (Lipinski definition) is 1. The van der Waals surface area contributed by atoms with Crippen LogP contribution in [0.25, 0.3) is 0 Å². The zero-order valence-electron chi connectivity index (χ0n) is 11.4. The summed E-state index contributed by atoms with van der Waals surface area (Å²) in [6.45, 7) is 3.67. The molecule has 1 amide bonds. The van der Waals surface area contributed by atoms with Crippen molar-refractivity contribution >= 4 is 5.91 Å². The molecule has 2 aliphatic rings. The molecule has 3 nitrogen and oxygen atoms in total. The zero-order valence-corrected chi connectivity index (χ0v) is 11.4. The number of rotatable bonds is 2. The molecular formula is C16H21NO2. The largest absolute Gasteiger partial charge is 0.381 e. The average molecular weight is 259 g/mol. The molecular weight excluding hydrogens is 238 g/mol. The lowest BCUT2D eigenvalue weighted by Crippen LogP contribution is -2.57. The smallest absolute Gasteiger partial charge is 0.251 e. The lowest BCUT2D eigenvalue weighted by atomic mass is 9.60. The van der Waals surface area contributed by atoms with Crippen molar-refractivity contribution in [2.24, 2.45) is 5.41 Å². The van der Waals surface area contributed by atoms with Crippen molar-refractivity contribution in [1.29, 1.82) is 0 Å². The van der Waals surface area contributed by atoms with Gasteiger partial charge < -0.3 is 10.1 Å². The summed E-state index contributed by atoms with van der Waals surface area (Å²) in [4.78, 5) is 12.4. The van der Waals surface area contributed by atoms with Crippen LogP contribution in [0.4, 0.5) is 0 Å². The molecule has 1 aliphatic carbocycles. The fourth-order valence-corrected chi connectivity index (χ4v) is 3.36. The topological polar surface area (TPSA) is 38.3 Å². The van der Waals surface area contributed by atoms with Crippen LogP contribution in [0.5, 0.6) is 0 Å². The van der Waals surface area contributed by atoms with Crippen LogP contribution in [0.15, 0.2) is 24.3 Å². The Labute approximate surface area is 114 Å². The number of ether oxygens (including phenoxy) is 1. The molecule has 102 valence electrons. The van der Waals surface area contributed by atoms with E-state index in [1.807, 2.05) is 31.2 Å². The van der Waals surface area contributed by atoms with E-state index in [-0.39, 0.29) is 5.91 Å². The van der Waals surface area contributed by atoms with Crippen LogP contribution in [0, 0.1) is 12.3 Å². The number of nitrogens with one attached hydrogen (secondary N) is 1. The fourth-order valence-electron chi connectivity index (χ4n) is 3.36. The summed E-state index contributed by atoms with van der Waals surface area (Å²) in [6, 6.07) is 8.12. The second-order valence-corrected chi connectivity index (χ2v) is 5.85. The quantitative estimate of drug-likeness (QED) is 0.886. The van der Waals surface area contributed by atoms with Crippen LogP contribution < -0.4 is 5.32 Å². The molecule has 1 unspecified atom stereocenters. The minimum absolute atomic E-state index is 0.0775. The van der Waals surface area contributed by atoms with Crippen LogP contribution in [0.2, 0.25) is 0 Å². The molecule has 0 aromatic heterocycles. The zero-order chi connectivity index (χ0) is 13.3. The van der Waals surface area contributed by atoms with Gasteiger partial charge in [-0.2, -0.15) is 0 Å². The Morgan fingerprint density at radius 1 is 1.26 bits per heavy atom. The maximum absolute atomic E-state index is 12.4. The maximum Gasteiger partial charge on any atom is 0.251 e. The van der Waals surface area contributed by atoms with Gasteiger partial charge in [0.1, 0.15) is 0 Å².